The lowest BCUT2D eigenvalue weighted by Gasteiger charge is -2.16. The van der Waals surface area contributed by atoms with Gasteiger partial charge in [0.25, 0.3) is 5.91 Å². The van der Waals surface area contributed by atoms with Gasteiger partial charge in [-0.3, -0.25) is 9.59 Å². The number of nitrogens with zero attached hydrogens (tertiary/aromatic N) is 3. The van der Waals surface area contributed by atoms with Crippen molar-refractivity contribution in [2.24, 2.45) is 0 Å². The highest BCUT2D eigenvalue weighted by Gasteiger charge is 2.29. The molecule has 0 atom stereocenters. The summed E-state index contributed by atoms with van der Waals surface area (Å²) >= 11 is 6.18. The molecule has 0 aliphatic heterocycles. The van der Waals surface area contributed by atoms with Crippen LogP contribution in [0.1, 0.15) is 55.2 Å². The second-order valence-corrected chi connectivity index (χ2v) is 7.77. The molecule has 1 fully saturated rings. The Kier molecular flexibility index (Phi) is 4.38. The minimum atomic E-state index is -0.276. The number of pyridine rings is 1. The molecule has 140 valence electrons. The lowest BCUT2D eigenvalue weighted by Crippen LogP contribution is -2.29. The molecule has 0 aromatic carbocycles. The van der Waals surface area contributed by atoms with Gasteiger partial charge in [-0.1, -0.05) is 23.3 Å². The third-order valence-corrected chi connectivity index (χ3v) is 5.28. The minimum absolute atomic E-state index is 0.0587. The van der Waals surface area contributed by atoms with Crippen LogP contribution in [0, 0.1) is 6.92 Å². The summed E-state index contributed by atoms with van der Waals surface area (Å²) in [6.07, 6.45) is 4.53. The highest BCUT2D eigenvalue weighted by molar-refractivity contribution is 6.30. The molecule has 7 heteroatoms. The number of aryl methyl sites for hydroxylation is 1. The molecule has 4 rings (SSSR count). The summed E-state index contributed by atoms with van der Waals surface area (Å²) in [6.45, 7) is 5.91. The van der Waals surface area contributed by atoms with Crippen molar-refractivity contribution in [3.63, 3.8) is 0 Å². The maximum absolute atomic E-state index is 12.9. The van der Waals surface area contributed by atoms with Crippen LogP contribution >= 0.6 is 11.6 Å². The summed E-state index contributed by atoms with van der Waals surface area (Å²) in [5.41, 5.74) is 4.45. The Bertz CT molecular complexity index is 1040. The van der Waals surface area contributed by atoms with E-state index in [0.717, 1.165) is 35.1 Å². The standard InChI is InChI=1S/C20H21ClN4O2/c1-10-6-11(2)15(16(26)7-10)9-22-20(27)14-8-17(21)23-19-18(14)12(3)24-25(19)13-4-5-13/h6,8,13H,4-5,7,9H2,1-3H3,(H,22,27). The Morgan fingerprint density at radius 2 is 2.07 bits per heavy atom. The molecular weight excluding hydrogens is 364 g/mol. The van der Waals surface area contributed by atoms with E-state index in [4.69, 9.17) is 11.6 Å². The van der Waals surface area contributed by atoms with E-state index in [0.29, 0.717) is 29.2 Å². The minimum Gasteiger partial charge on any atom is -0.348 e. The fraction of sp³-hybridized carbons (Fsp3) is 0.400. The van der Waals surface area contributed by atoms with Crippen LogP contribution in [-0.2, 0) is 4.79 Å². The highest BCUT2D eigenvalue weighted by atomic mass is 35.5. The summed E-state index contributed by atoms with van der Waals surface area (Å²) in [5.74, 6) is -0.217. The summed E-state index contributed by atoms with van der Waals surface area (Å²) in [6, 6.07) is 1.91. The first-order chi connectivity index (χ1) is 12.8. The van der Waals surface area contributed by atoms with E-state index in [1.807, 2.05) is 31.5 Å². The molecule has 0 radical (unpaired) electrons. The molecule has 27 heavy (non-hydrogen) atoms. The zero-order chi connectivity index (χ0) is 19.3. The number of rotatable bonds is 4. The number of carbonyl (C=O) groups excluding carboxylic acids is 2. The first-order valence-corrected chi connectivity index (χ1v) is 9.46. The highest BCUT2D eigenvalue weighted by Crippen LogP contribution is 2.38. The van der Waals surface area contributed by atoms with Gasteiger partial charge < -0.3 is 5.32 Å². The van der Waals surface area contributed by atoms with Gasteiger partial charge in [0.2, 0.25) is 0 Å². The lowest BCUT2D eigenvalue weighted by molar-refractivity contribution is -0.115. The van der Waals surface area contributed by atoms with E-state index >= 15 is 0 Å². The van der Waals surface area contributed by atoms with Crippen molar-refractivity contribution in [1.29, 1.82) is 0 Å². The molecule has 1 saturated carbocycles. The molecule has 2 heterocycles. The molecule has 2 aliphatic rings. The average molecular weight is 385 g/mol. The van der Waals surface area contributed by atoms with Gasteiger partial charge in [0.1, 0.15) is 5.15 Å². The Morgan fingerprint density at radius 3 is 2.74 bits per heavy atom. The number of fused-ring (bicyclic) bond motifs is 1. The van der Waals surface area contributed by atoms with Crippen LogP contribution in [0.4, 0.5) is 0 Å². The topological polar surface area (TPSA) is 76.9 Å². The fourth-order valence-corrected chi connectivity index (χ4v) is 3.81. The number of aromatic nitrogens is 3. The predicted octanol–water partition coefficient (Wildman–Crippen LogP) is 3.69. The smallest absolute Gasteiger partial charge is 0.252 e. The Balaban J connectivity index is 1.65. The third kappa shape index (κ3) is 3.30. The molecule has 0 bridgehead atoms. The van der Waals surface area contributed by atoms with E-state index in [-0.39, 0.29) is 23.4 Å². The van der Waals surface area contributed by atoms with Gasteiger partial charge in [-0.05, 0) is 45.3 Å². The maximum Gasteiger partial charge on any atom is 0.252 e. The van der Waals surface area contributed by atoms with Gasteiger partial charge in [-0.25, -0.2) is 9.67 Å². The van der Waals surface area contributed by atoms with Crippen LogP contribution in [0.25, 0.3) is 11.0 Å². The summed E-state index contributed by atoms with van der Waals surface area (Å²) in [5, 5.41) is 8.42. The zero-order valence-corrected chi connectivity index (χ0v) is 16.4. The van der Waals surface area contributed by atoms with Gasteiger partial charge in [0, 0.05) is 18.5 Å². The number of nitrogens with one attached hydrogen (secondary N) is 1. The van der Waals surface area contributed by atoms with Crippen molar-refractivity contribution in [2.75, 3.05) is 6.54 Å². The van der Waals surface area contributed by atoms with Crippen LogP contribution in [0.5, 0.6) is 0 Å². The van der Waals surface area contributed by atoms with Crippen LogP contribution < -0.4 is 5.32 Å². The van der Waals surface area contributed by atoms with Crippen LogP contribution in [-0.4, -0.2) is 33.0 Å². The molecule has 1 amide bonds. The molecule has 2 aliphatic carbocycles. The second kappa shape index (κ2) is 6.60. The van der Waals surface area contributed by atoms with Crippen LogP contribution in [0.15, 0.2) is 28.9 Å². The quantitative estimate of drug-likeness (QED) is 0.815. The summed E-state index contributed by atoms with van der Waals surface area (Å²) in [7, 11) is 0. The molecule has 0 saturated heterocycles. The van der Waals surface area contributed by atoms with Gasteiger partial charge in [0.15, 0.2) is 11.4 Å². The zero-order valence-electron chi connectivity index (χ0n) is 15.6. The van der Waals surface area contributed by atoms with Crippen LogP contribution in [0.3, 0.4) is 0 Å². The van der Waals surface area contributed by atoms with Gasteiger partial charge >= 0.3 is 0 Å². The number of hydrogen-bond acceptors (Lipinski definition) is 4. The number of carbonyl (C=O) groups is 2. The number of Topliss-reactive ketones (excluding diaryl/α,β-unsaturated/α-hetero) is 1. The molecule has 2 aromatic rings. The largest absolute Gasteiger partial charge is 0.348 e. The first kappa shape index (κ1) is 17.9. The molecule has 0 spiro atoms. The Morgan fingerprint density at radius 1 is 1.33 bits per heavy atom. The van der Waals surface area contributed by atoms with E-state index in [1.54, 1.807) is 6.07 Å². The van der Waals surface area contributed by atoms with Crippen molar-refractivity contribution in [2.45, 2.75) is 46.1 Å². The van der Waals surface area contributed by atoms with Crippen molar-refractivity contribution in [3.05, 3.63) is 45.3 Å². The van der Waals surface area contributed by atoms with E-state index in [9.17, 15) is 9.59 Å². The Labute approximate surface area is 162 Å². The predicted molar refractivity (Wildman–Crippen MR) is 104 cm³/mol. The normalized spacial score (nSPS) is 17.5. The molecule has 2 aromatic heterocycles. The molecule has 6 nitrogen and oxygen atoms in total. The first-order valence-electron chi connectivity index (χ1n) is 9.09. The maximum atomic E-state index is 12.9. The van der Waals surface area contributed by atoms with Gasteiger partial charge in [0.05, 0.1) is 22.7 Å². The number of halogens is 1. The molecule has 1 N–H and O–H groups in total. The monoisotopic (exact) mass is 384 g/mol. The number of hydrogen-bond donors (Lipinski definition) is 1. The SMILES string of the molecule is CC1=CC(C)=C(CNC(=O)c2cc(Cl)nc3c2c(C)nn3C2CC2)C(=O)C1. The van der Waals surface area contributed by atoms with Crippen LogP contribution in [0.2, 0.25) is 5.15 Å². The lowest BCUT2D eigenvalue weighted by atomic mass is 9.92. The van der Waals surface area contributed by atoms with Crippen molar-refractivity contribution in [1.82, 2.24) is 20.1 Å². The average Bonchev–Trinajstić information content (AvgIpc) is 3.37. The summed E-state index contributed by atoms with van der Waals surface area (Å²) in [4.78, 5) is 29.6. The molecular formula is C20H21ClN4O2. The number of amides is 1. The second-order valence-electron chi connectivity index (χ2n) is 7.39. The van der Waals surface area contributed by atoms with Crippen molar-refractivity contribution < 1.29 is 9.59 Å². The molecule has 0 unspecified atom stereocenters. The number of ketones is 1. The van der Waals surface area contributed by atoms with Crippen molar-refractivity contribution in [3.8, 4) is 0 Å². The van der Waals surface area contributed by atoms with E-state index in [1.165, 1.54) is 0 Å². The number of allylic oxidation sites excluding steroid dienone is 3. The third-order valence-electron chi connectivity index (χ3n) is 5.08. The fourth-order valence-electron chi connectivity index (χ4n) is 3.62. The van der Waals surface area contributed by atoms with Gasteiger partial charge in [-0.2, -0.15) is 5.10 Å². The van der Waals surface area contributed by atoms with Crippen molar-refractivity contribution >= 4 is 34.3 Å². The summed E-state index contributed by atoms with van der Waals surface area (Å²) < 4.78 is 1.87. The van der Waals surface area contributed by atoms with Gasteiger partial charge in [-0.15, -0.1) is 0 Å². The van der Waals surface area contributed by atoms with E-state index in [2.05, 4.69) is 15.4 Å². The Hall–Kier alpha value is -2.47. The van der Waals surface area contributed by atoms with E-state index < -0.39 is 0 Å².